The molecule has 0 aromatic heterocycles. The quantitative estimate of drug-likeness (QED) is 0.118. The molecule has 0 aliphatic carbocycles. The standard InChI is InChI=1S/C45H58N2O13/c1-12-18-47(19-13-2)33(49)22-57-32-21-30-40(53)35-34(32)36-42(28(8)39(35)52)60-45(10,43(36)54)58-20-17-31(56-11)25(5)41(59-29(9)48)27(7)38(51)26(6)37(50)23(3)15-14-16-24(4)44(55)46-30/h12-17,20-21,23,25-27,31,37-38,41,50-53H,1-2,18-19,22H2,3-11H3,(H,46,55)/b15-14+,20-17+,24-16?. The third kappa shape index (κ3) is 9.69. The Morgan fingerprint density at radius 1 is 0.967 bits per heavy atom. The third-order valence-electron chi connectivity index (χ3n) is 11.2. The highest BCUT2D eigenvalue weighted by atomic mass is 16.7. The van der Waals surface area contributed by atoms with Crippen LogP contribution in [-0.4, -0.2) is 106 Å². The van der Waals surface area contributed by atoms with Crippen LogP contribution in [0.4, 0.5) is 5.69 Å². The molecule has 0 saturated carbocycles. The number of aliphatic hydroxyl groups is 2. The lowest BCUT2D eigenvalue weighted by Gasteiger charge is -2.38. The van der Waals surface area contributed by atoms with Gasteiger partial charge in [-0.05, 0) is 19.9 Å². The molecule has 15 nitrogen and oxygen atoms in total. The molecule has 9 unspecified atom stereocenters. The number of anilines is 1. The second kappa shape index (κ2) is 19.6. The number of nitrogens with one attached hydrogen (secondary N) is 1. The molecule has 0 radical (unpaired) electrons. The number of methoxy groups -OCH3 is 1. The number of fused-ring (bicyclic) bond motifs is 14. The van der Waals surface area contributed by atoms with Gasteiger partial charge in [0, 0.05) is 80.3 Å². The van der Waals surface area contributed by atoms with Crippen LogP contribution in [0, 0.1) is 30.6 Å². The minimum absolute atomic E-state index is 0.0588. The Morgan fingerprint density at radius 3 is 2.22 bits per heavy atom. The zero-order valence-corrected chi connectivity index (χ0v) is 35.7. The molecule has 3 aliphatic heterocycles. The fourth-order valence-electron chi connectivity index (χ4n) is 7.57. The molecule has 5 N–H and O–H groups in total. The Morgan fingerprint density at radius 2 is 1.62 bits per heavy atom. The van der Waals surface area contributed by atoms with Crippen molar-refractivity contribution in [2.75, 3.05) is 32.1 Å². The van der Waals surface area contributed by atoms with Crippen LogP contribution in [0.3, 0.4) is 0 Å². The normalized spacial score (nSPS) is 28.5. The van der Waals surface area contributed by atoms with Crippen molar-refractivity contribution in [2.45, 2.75) is 85.6 Å². The number of Topliss-reactive ketones (excluding diaryl/α,β-unsaturated/α-hetero) is 1. The van der Waals surface area contributed by atoms with Gasteiger partial charge in [0.1, 0.15) is 23.4 Å². The molecule has 2 aromatic rings. The van der Waals surface area contributed by atoms with Crippen molar-refractivity contribution < 1.29 is 63.3 Å². The molecule has 2 aromatic carbocycles. The summed E-state index contributed by atoms with van der Waals surface area (Å²) < 4.78 is 29.7. The Balaban J connectivity index is 1.94. The maximum atomic E-state index is 14.5. The number of phenolic OH excluding ortho intramolecular Hbond substituents is 2. The SMILES string of the molecule is C=CCN(CC=C)C(=O)COc1cc2c(O)c3c(O)c(C)c4c(c13)C(=O)C(C)(O/C=C/C(OC)C(C)C(OC(C)=O)C(C)C(O)C(C)C(O)C(C)/C=C/C=C(C)C(=O)N2)O4. The minimum Gasteiger partial charge on any atom is -0.507 e. The number of esters is 1. The molecule has 0 fully saturated rings. The molecular weight excluding hydrogens is 776 g/mol. The fourth-order valence-corrected chi connectivity index (χ4v) is 7.57. The number of ketones is 1. The summed E-state index contributed by atoms with van der Waals surface area (Å²) in [5, 5.41) is 48.4. The second-order valence-corrected chi connectivity index (χ2v) is 15.6. The summed E-state index contributed by atoms with van der Waals surface area (Å²) in [6, 6.07) is 1.24. The monoisotopic (exact) mass is 834 g/mol. The van der Waals surface area contributed by atoms with E-state index in [-0.39, 0.29) is 57.7 Å². The summed E-state index contributed by atoms with van der Waals surface area (Å²) in [7, 11) is 1.43. The van der Waals surface area contributed by atoms with Crippen LogP contribution in [0.5, 0.6) is 23.0 Å². The lowest BCUT2D eigenvalue weighted by atomic mass is 9.78. The van der Waals surface area contributed by atoms with Gasteiger partial charge in [0.2, 0.25) is 0 Å². The molecule has 2 amide bonds. The van der Waals surface area contributed by atoms with Crippen molar-refractivity contribution in [3.8, 4) is 23.0 Å². The predicted molar refractivity (Wildman–Crippen MR) is 225 cm³/mol. The molecule has 0 spiro atoms. The Bertz CT molecular complexity index is 2080. The van der Waals surface area contributed by atoms with E-state index in [0.717, 1.165) is 0 Å². The summed E-state index contributed by atoms with van der Waals surface area (Å²) in [5.41, 5.74) is -0.0962. The number of phenols is 2. The molecular formula is C45H58N2O13. The zero-order chi connectivity index (χ0) is 44.8. The number of aliphatic hydroxyl groups excluding tert-OH is 2. The van der Waals surface area contributed by atoms with E-state index in [4.69, 9.17) is 23.7 Å². The van der Waals surface area contributed by atoms with E-state index in [0.29, 0.717) is 0 Å². The zero-order valence-electron chi connectivity index (χ0n) is 35.7. The molecule has 326 valence electrons. The second-order valence-electron chi connectivity index (χ2n) is 15.6. The maximum absolute atomic E-state index is 14.5. The maximum Gasteiger partial charge on any atom is 0.312 e. The van der Waals surface area contributed by atoms with Crippen LogP contribution in [0.15, 0.2) is 67.5 Å². The number of hydrogen-bond acceptors (Lipinski definition) is 13. The molecule has 5 bridgehead atoms. The Hall–Kier alpha value is -5.64. The van der Waals surface area contributed by atoms with Crippen molar-refractivity contribution >= 4 is 40.0 Å². The number of hydrogen-bond donors (Lipinski definition) is 5. The van der Waals surface area contributed by atoms with Gasteiger partial charge in [0.25, 0.3) is 17.6 Å². The third-order valence-corrected chi connectivity index (χ3v) is 11.2. The predicted octanol–water partition coefficient (Wildman–Crippen LogP) is 5.63. The summed E-state index contributed by atoms with van der Waals surface area (Å²) in [6.07, 6.45) is 6.58. The van der Waals surface area contributed by atoms with Gasteiger partial charge in [0.05, 0.1) is 41.2 Å². The summed E-state index contributed by atoms with van der Waals surface area (Å²) >= 11 is 0. The van der Waals surface area contributed by atoms with Crippen LogP contribution in [0.25, 0.3) is 10.8 Å². The average Bonchev–Trinajstić information content (AvgIpc) is 3.47. The highest BCUT2D eigenvalue weighted by molar-refractivity contribution is 6.21. The van der Waals surface area contributed by atoms with Gasteiger partial charge in [-0.3, -0.25) is 19.2 Å². The highest BCUT2D eigenvalue weighted by Crippen LogP contribution is 2.54. The first-order valence-electron chi connectivity index (χ1n) is 19.7. The Labute approximate surface area is 350 Å². The number of nitrogens with zero attached hydrogens (tertiary/aromatic N) is 1. The lowest BCUT2D eigenvalue weighted by molar-refractivity contribution is -0.160. The molecule has 5 rings (SSSR count). The number of aromatic hydroxyl groups is 2. The van der Waals surface area contributed by atoms with Gasteiger partial charge in [-0.15, -0.1) is 13.2 Å². The van der Waals surface area contributed by atoms with Crippen molar-refractivity contribution in [3.63, 3.8) is 0 Å². The number of carbonyl (C=O) groups is 4. The van der Waals surface area contributed by atoms with Gasteiger partial charge < -0.3 is 54.3 Å². The number of rotatable bonds is 9. The van der Waals surface area contributed by atoms with Gasteiger partial charge in [-0.25, -0.2) is 0 Å². The van der Waals surface area contributed by atoms with E-state index in [1.54, 1.807) is 39.8 Å². The molecule has 15 heteroatoms. The number of ether oxygens (including phenoxy) is 5. The molecule has 60 heavy (non-hydrogen) atoms. The van der Waals surface area contributed by atoms with Crippen molar-refractivity contribution in [3.05, 3.63) is 78.6 Å². The number of carbonyl (C=O) groups excluding carboxylic acids is 4. The van der Waals surface area contributed by atoms with E-state index in [1.807, 2.05) is 0 Å². The molecule has 3 aliphatic rings. The first-order chi connectivity index (χ1) is 28.2. The number of allylic oxidation sites excluding steroid dienone is 2. The van der Waals surface area contributed by atoms with Gasteiger partial charge in [0.15, 0.2) is 12.4 Å². The van der Waals surface area contributed by atoms with E-state index in [9.17, 15) is 39.6 Å². The summed E-state index contributed by atoms with van der Waals surface area (Å²) in [4.78, 5) is 55.1. The lowest BCUT2D eigenvalue weighted by Crippen LogP contribution is -2.46. The van der Waals surface area contributed by atoms with Crippen LogP contribution in [-0.2, 0) is 28.6 Å². The average molecular weight is 835 g/mol. The van der Waals surface area contributed by atoms with Crippen LogP contribution >= 0.6 is 0 Å². The summed E-state index contributed by atoms with van der Waals surface area (Å²) in [5.74, 6) is -8.34. The molecule has 3 heterocycles. The van der Waals surface area contributed by atoms with Crippen LogP contribution in [0.1, 0.15) is 64.4 Å². The van der Waals surface area contributed by atoms with Gasteiger partial charge >= 0.3 is 11.8 Å². The van der Waals surface area contributed by atoms with Crippen LogP contribution < -0.4 is 14.8 Å². The van der Waals surface area contributed by atoms with E-state index < -0.39 is 95.5 Å². The van der Waals surface area contributed by atoms with Crippen LogP contribution in [0.2, 0.25) is 0 Å². The van der Waals surface area contributed by atoms with Crippen molar-refractivity contribution in [1.29, 1.82) is 0 Å². The highest BCUT2D eigenvalue weighted by Gasteiger charge is 2.49. The largest absolute Gasteiger partial charge is 0.507 e. The molecule has 0 saturated heterocycles. The van der Waals surface area contributed by atoms with E-state index in [1.165, 1.54) is 76.3 Å². The van der Waals surface area contributed by atoms with Crippen molar-refractivity contribution in [2.24, 2.45) is 23.7 Å². The van der Waals surface area contributed by atoms with E-state index in [2.05, 4.69) is 18.5 Å². The van der Waals surface area contributed by atoms with Crippen molar-refractivity contribution in [1.82, 2.24) is 4.90 Å². The topological polar surface area (TPSA) is 211 Å². The van der Waals surface area contributed by atoms with E-state index >= 15 is 0 Å². The molecule has 9 atom stereocenters. The number of benzene rings is 2. The summed E-state index contributed by atoms with van der Waals surface area (Å²) in [6.45, 7) is 19.7. The Kier molecular flexibility index (Phi) is 15.4. The first kappa shape index (κ1) is 47.0. The first-order valence-corrected chi connectivity index (χ1v) is 19.7. The fraction of sp³-hybridized carbons (Fsp3) is 0.467. The number of amides is 2. The minimum atomic E-state index is -2.05. The smallest absolute Gasteiger partial charge is 0.312 e. The van der Waals surface area contributed by atoms with Gasteiger partial charge in [-0.1, -0.05) is 58.1 Å². The van der Waals surface area contributed by atoms with Gasteiger partial charge in [-0.2, -0.15) is 0 Å².